The molecule has 0 aliphatic carbocycles. The predicted molar refractivity (Wildman–Crippen MR) is 88.7 cm³/mol. The van der Waals surface area contributed by atoms with Gasteiger partial charge in [-0.15, -0.1) is 11.6 Å². The minimum Gasteiger partial charge on any atom is -0.497 e. The highest BCUT2D eigenvalue weighted by atomic mass is 79.9. The van der Waals surface area contributed by atoms with Crippen molar-refractivity contribution in [1.29, 1.82) is 0 Å². The third-order valence-corrected chi connectivity index (χ3v) is 4.32. The van der Waals surface area contributed by atoms with E-state index in [0.29, 0.717) is 17.9 Å². The number of hydrogen-bond acceptors (Lipinski definition) is 1. The van der Waals surface area contributed by atoms with E-state index in [2.05, 4.69) is 15.9 Å². The molecule has 1 unspecified atom stereocenters. The first kappa shape index (κ1) is 16.3. The standard InChI is InChI=1S/C17H17BrClFO/c1-21-16-4-2-3-12(9-16)7-13(11-19)8-14-10-15(18)5-6-17(14)20/h2-6,9-10,13H,7-8,11H2,1H3. The summed E-state index contributed by atoms with van der Waals surface area (Å²) in [4.78, 5) is 0. The molecule has 0 bridgehead atoms. The zero-order chi connectivity index (χ0) is 15.2. The van der Waals surface area contributed by atoms with Crippen LogP contribution in [0.25, 0.3) is 0 Å². The lowest BCUT2D eigenvalue weighted by atomic mass is 9.94. The molecule has 0 saturated carbocycles. The molecule has 0 spiro atoms. The Kier molecular flexibility index (Phi) is 6.07. The van der Waals surface area contributed by atoms with Crippen molar-refractivity contribution in [3.8, 4) is 5.75 Å². The second-order valence-corrected chi connectivity index (χ2v) is 6.24. The summed E-state index contributed by atoms with van der Waals surface area (Å²) in [6, 6.07) is 12.9. The lowest BCUT2D eigenvalue weighted by molar-refractivity contribution is 0.413. The highest BCUT2D eigenvalue weighted by Crippen LogP contribution is 2.23. The van der Waals surface area contributed by atoms with Crippen LogP contribution < -0.4 is 4.74 Å². The number of methoxy groups -OCH3 is 1. The quantitative estimate of drug-likeness (QED) is 0.631. The van der Waals surface area contributed by atoms with Gasteiger partial charge in [-0.05, 0) is 60.2 Å². The van der Waals surface area contributed by atoms with Crippen molar-refractivity contribution in [2.24, 2.45) is 5.92 Å². The van der Waals surface area contributed by atoms with Gasteiger partial charge in [0.15, 0.2) is 0 Å². The number of alkyl halides is 1. The zero-order valence-electron chi connectivity index (χ0n) is 11.8. The molecule has 0 N–H and O–H groups in total. The normalized spacial score (nSPS) is 12.2. The molecule has 21 heavy (non-hydrogen) atoms. The predicted octanol–water partition coefficient (Wildman–Crippen LogP) is 5.24. The van der Waals surface area contributed by atoms with E-state index in [-0.39, 0.29) is 11.7 Å². The van der Waals surface area contributed by atoms with Crippen molar-refractivity contribution in [2.45, 2.75) is 12.8 Å². The molecule has 0 radical (unpaired) electrons. The van der Waals surface area contributed by atoms with Gasteiger partial charge in [0.2, 0.25) is 0 Å². The summed E-state index contributed by atoms with van der Waals surface area (Å²) in [6.07, 6.45) is 1.42. The van der Waals surface area contributed by atoms with Crippen LogP contribution in [0.1, 0.15) is 11.1 Å². The van der Waals surface area contributed by atoms with Gasteiger partial charge in [0.1, 0.15) is 11.6 Å². The van der Waals surface area contributed by atoms with Crippen molar-refractivity contribution >= 4 is 27.5 Å². The summed E-state index contributed by atoms with van der Waals surface area (Å²) in [5, 5.41) is 0. The van der Waals surface area contributed by atoms with E-state index in [0.717, 1.165) is 22.2 Å². The molecular weight excluding hydrogens is 355 g/mol. The Morgan fingerprint density at radius 3 is 2.71 bits per heavy atom. The molecule has 0 aliphatic rings. The third-order valence-electron chi connectivity index (χ3n) is 3.39. The van der Waals surface area contributed by atoms with Crippen molar-refractivity contribution < 1.29 is 9.13 Å². The summed E-state index contributed by atoms with van der Waals surface area (Å²) in [5.41, 5.74) is 1.84. The largest absolute Gasteiger partial charge is 0.497 e. The molecule has 2 rings (SSSR count). The summed E-state index contributed by atoms with van der Waals surface area (Å²) in [5.74, 6) is 1.32. The van der Waals surface area contributed by atoms with E-state index in [1.165, 1.54) is 6.07 Å². The Hall–Kier alpha value is -1.06. The van der Waals surface area contributed by atoms with E-state index in [9.17, 15) is 4.39 Å². The minimum absolute atomic E-state index is 0.182. The fourth-order valence-electron chi connectivity index (χ4n) is 2.32. The van der Waals surface area contributed by atoms with Gasteiger partial charge < -0.3 is 4.74 Å². The Morgan fingerprint density at radius 1 is 1.19 bits per heavy atom. The lowest BCUT2D eigenvalue weighted by Gasteiger charge is -2.15. The molecule has 4 heteroatoms. The van der Waals surface area contributed by atoms with Crippen molar-refractivity contribution in [3.05, 3.63) is 63.9 Å². The van der Waals surface area contributed by atoms with Gasteiger partial charge in [0.05, 0.1) is 7.11 Å². The first-order chi connectivity index (χ1) is 10.1. The van der Waals surface area contributed by atoms with Crippen molar-refractivity contribution in [2.75, 3.05) is 13.0 Å². The van der Waals surface area contributed by atoms with Crippen LogP contribution in [-0.2, 0) is 12.8 Å². The molecule has 0 amide bonds. The topological polar surface area (TPSA) is 9.23 Å². The van der Waals surface area contributed by atoms with Crippen LogP contribution >= 0.6 is 27.5 Å². The molecule has 0 heterocycles. The van der Waals surface area contributed by atoms with Crippen LogP contribution in [0.4, 0.5) is 4.39 Å². The van der Waals surface area contributed by atoms with E-state index < -0.39 is 0 Å². The second kappa shape index (κ2) is 7.81. The summed E-state index contributed by atoms with van der Waals surface area (Å²) < 4.78 is 19.9. The molecule has 2 aromatic rings. The number of hydrogen-bond donors (Lipinski definition) is 0. The SMILES string of the molecule is COc1cccc(CC(CCl)Cc2cc(Br)ccc2F)c1. The minimum atomic E-state index is -0.182. The van der Waals surface area contributed by atoms with E-state index >= 15 is 0 Å². The number of rotatable bonds is 6. The van der Waals surface area contributed by atoms with Crippen LogP contribution in [0, 0.1) is 11.7 Å². The first-order valence-corrected chi connectivity index (χ1v) is 8.08. The van der Waals surface area contributed by atoms with Crippen molar-refractivity contribution in [3.63, 3.8) is 0 Å². The highest BCUT2D eigenvalue weighted by molar-refractivity contribution is 9.10. The average molecular weight is 372 g/mol. The van der Waals surface area contributed by atoms with Gasteiger partial charge >= 0.3 is 0 Å². The first-order valence-electron chi connectivity index (χ1n) is 6.75. The average Bonchev–Trinajstić information content (AvgIpc) is 2.50. The van der Waals surface area contributed by atoms with E-state index in [1.54, 1.807) is 13.2 Å². The van der Waals surface area contributed by atoms with Crippen LogP contribution in [0.3, 0.4) is 0 Å². The van der Waals surface area contributed by atoms with Crippen LogP contribution in [-0.4, -0.2) is 13.0 Å². The molecule has 2 aromatic carbocycles. The summed E-state index contributed by atoms with van der Waals surface area (Å²) in [7, 11) is 1.65. The van der Waals surface area contributed by atoms with E-state index in [1.807, 2.05) is 30.3 Å². The molecule has 0 saturated heterocycles. The van der Waals surface area contributed by atoms with Gasteiger partial charge in [-0.3, -0.25) is 0 Å². The van der Waals surface area contributed by atoms with Crippen molar-refractivity contribution in [1.82, 2.24) is 0 Å². The molecule has 1 nitrogen and oxygen atoms in total. The van der Waals surface area contributed by atoms with Gasteiger partial charge in [-0.1, -0.05) is 28.1 Å². The Morgan fingerprint density at radius 2 is 2.00 bits per heavy atom. The van der Waals surface area contributed by atoms with Crippen LogP contribution in [0.2, 0.25) is 0 Å². The fourth-order valence-corrected chi connectivity index (χ4v) is 2.95. The van der Waals surface area contributed by atoms with Crippen LogP contribution in [0.15, 0.2) is 46.9 Å². The number of benzene rings is 2. The Balaban J connectivity index is 2.10. The summed E-state index contributed by atoms with van der Waals surface area (Å²) >= 11 is 9.45. The monoisotopic (exact) mass is 370 g/mol. The lowest BCUT2D eigenvalue weighted by Crippen LogP contribution is -2.11. The van der Waals surface area contributed by atoms with E-state index in [4.69, 9.17) is 16.3 Å². The van der Waals surface area contributed by atoms with Gasteiger partial charge in [-0.2, -0.15) is 0 Å². The molecular formula is C17H17BrClFO. The molecule has 0 aliphatic heterocycles. The second-order valence-electron chi connectivity index (χ2n) is 5.02. The maximum absolute atomic E-state index is 13.8. The third kappa shape index (κ3) is 4.72. The maximum Gasteiger partial charge on any atom is 0.126 e. The zero-order valence-corrected chi connectivity index (χ0v) is 14.1. The Labute approximate surface area is 138 Å². The van der Waals surface area contributed by atoms with Gasteiger partial charge in [-0.25, -0.2) is 4.39 Å². The number of ether oxygens (including phenoxy) is 1. The van der Waals surface area contributed by atoms with Crippen LogP contribution in [0.5, 0.6) is 5.75 Å². The van der Waals surface area contributed by atoms with Gasteiger partial charge in [0.25, 0.3) is 0 Å². The van der Waals surface area contributed by atoms with Gasteiger partial charge in [0, 0.05) is 10.4 Å². The molecule has 0 fully saturated rings. The molecule has 112 valence electrons. The number of halogens is 3. The fraction of sp³-hybridized carbons (Fsp3) is 0.294. The summed E-state index contributed by atoms with van der Waals surface area (Å²) in [6.45, 7) is 0. The molecule has 0 aromatic heterocycles. The highest BCUT2D eigenvalue weighted by Gasteiger charge is 2.13. The molecule has 1 atom stereocenters. The smallest absolute Gasteiger partial charge is 0.126 e. The maximum atomic E-state index is 13.8. The Bertz CT molecular complexity index is 603.